The van der Waals surface area contributed by atoms with Crippen molar-refractivity contribution in [2.24, 2.45) is 5.92 Å². The molecule has 1 aliphatic carbocycles. The maximum absolute atomic E-state index is 12.7. The predicted molar refractivity (Wildman–Crippen MR) is 80.8 cm³/mol. The molecule has 0 aromatic carbocycles. The lowest BCUT2D eigenvalue weighted by Crippen LogP contribution is -2.46. The third kappa shape index (κ3) is 2.84. The van der Waals surface area contributed by atoms with Crippen molar-refractivity contribution < 1.29 is 14.7 Å². The van der Waals surface area contributed by atoms with Crippen molar-refractivity contribution in [2.45, 2.75) is 24.3 Å². The van der Waals surface area contributed by atoms with E-state index in [-0.39, 0.29) is 21.2 Å². The molecule has 2 heterocycles. The number of aliphatic carboxylic acids is 1. The van der Waals surface area contributed by atoms with E-state index in [1.165, 1.54) is 28.8 Å². The Morgan fingerprint density at radius 1 is 1.33 bits per heavy atom. The molecule has 3 rings (SSSR count). The Bertz CT molecular complexity index is 609. The zero-order valence-electron chi connectivity index (χ0n) is 10.8. The van der Waals surface area contributed by atoms with Crippen molar-refractivity contribution >= 4 is 46.8 Å². The molecule has 2 fully saturated rings. The smallest absolute Gasteiger partial charge is 0.327 e. The van der Waals surface area contributed by atoms with Crippen LogP contribution in [-0.2, 0) is 4.79 Å². The Kier molecular flexibility index (Phi) is 4.03. The average Bonchev–Trinajstić information content (AvgIpc) is 3.19. The highest BCUT2D eigenvalue weighted by molar-refractivity contribution is 8.00. The van der Waals surface area contributed by atoms with Gasteiger partial charge in [0.1, 0.15) is 16.9 Å². The van der Waals surface area contributed by atoms with Crippen LogP contribution in [0.4, 0.5) is 0 Å². The van der Waals surface area contributed by atoms with Crippen LogP contribution >= 0.6 is 35.0 Å². The van der Waals surface area contributed by atoms with Gasteiger partial charge in [0, 0.05) is 5.75 Å². The van der Waals surface area contributed by atoms with Gasteiger partial charge in [0.25, 0.3) is 5.91 Å². The van der Waals surface area contributed by atoms with Crippen LogP contribution in [0.3, 0.4) is 0 Å². The molecule has 1 aliphatic heterocycles. The number of halogens is 2. The summed E-state index contributed by atoms with van der Waals surface area (Å²) in [5.41, 5.74) is 0.0172. The van der Waals surface area contributed by atoms with E-state index in [9.17, 15) is 14.7 Å². The first-order chi connectivity index (χ1) is 9.99. The standard InChI is InChI=1S/C13H12Cl2N2O3S/c14-7-3-4-9(15)16-10(7)11(18)17-8(13(19)20)5-21-12(17)6-1-2-6/h3-4,6,8,12H,1-2,5H2,(H,19,20). The molecule has 1 saturated carbocycles. The van der Waals surface area contributed by atoms with Gasteiger partial charge in [-0.25, -0.2) is 9.78 Å². The number of thioether (sulfide) groups is 1. The van der Waals surface area contributed by atoms with Gasteiger partial charge in [-0.1, -0.05) is 23.2 Å². The molecule has 2 unspecified atom stereocenters. The van der Waals surface area contributed by atoms with E-state index in [1.807, 2.05) is 0 Å². The second kappa shape index (κ2) is 5.66. The van der Waals surface area contributed by atoms with Crippen molar-refractivity contribution in [1.29, 1.82) is 0 Å². The van der Waals surface area contributed by atoms with Crippen LogP contribution in [0, 0.1) is 5.92 Å². The Hall–Kier alpha value is -0.980. The summed E-state index contributed by atoms with van der Waals surface area (Å²) in [5, 5.41) is 9.56. The quantitative estimate of drug-likeness (QED) is 0.852. The summed E-state index contributed by atoms with van der Waals surface area (Å²) in [7, 11) is 0. The molecule has 1 saturated heterocycles. The maximum Gasteiger partial charge on any atom is 0.327 e. The second-order valence-corrected chi connectivity index (χ2v) is 7.04. The minimum Gasteiger partial charge on any atom is -0.480 e. The van der Waals surface area contributed by atoms with E-state index in [2.05, 4.69) is 4.98 Å². The van der Waals surface area contributed by atoms with Gasteiger partial charge in [0.2, 0.25) is 0 Å². The fourth-order valence-corrected chi connectivity index (χ4v) is 4.37. The number of carboxylic acids is 1. The minimum atomic E-state index is -1.00. The lowest BCUT2D eigenvalue weighted by atomic mass is 10.2. The van der Waals surface area contributed by atoms with Gasteiger partial charge in [-0.05, 0) is 30.9 Å². The highest BCUT2D eigenvalue weighted by Crippen LogP contribution is 2.46. The van der Waals surface area contributed by atoms with E-state index < -0.39 is 17.9 Å². The summed E-state index contributed by atoms with van der Waals surface area (Å²) in [6.07, 6.45) is 2.04. The van der Waals surface area contributed by atoms with E-state index in [4.69, 9.17) is 23.2 Å². The number of rotatable bonds is 3. The fourth-order valence-electron chi connectivity index (χ4n) is 2.41. The number of aromatic nitrogens is 1. The first-order valence-corrected chi connectivity index (χ1v) is 8.28. The number of carbonyl (C=O) groups excluding carboxylic acids is 1. The van der Waals surface area contributed by atoms with Gasteiger partial charge in [0.05, 0.1) is 10.4 Å². The van der Waals surface area contributed by atoms with Crippen LogP contribution in [0.1, 0.15) is 23.3 Å². The molecule has 2 aliphatic rings. The SMILES string of the molecule is O=C(O)C1CSC(C2CC2)N1C(=O)c1nc(Cl)ccc1Cl. The number of pyridine rings is 1. The summed E-state index contributed by atoms with van der Waals surface area (Å²) in [4.78, 5) is 29.5. The van der Waals surface area contributed by atoms with E-state index in [0.717, 1.165) is 12.8 Å². The van der Waals surface area contributed by atoms with E-state index in [1.54, 1.807) is 0 Å². The number of carbonyl (C=O) groups is 2. The van der Waals surface area contributed by atoms with E-state index >= 15 is 0 Å². The Balaban J connectivity index is 1.95. The zero-order chi connectivity index (χ0) is 15.1. The Morgan fingerprint density at radius 3 is 2.67 bits per heavy atom. The van der Waals surface area contributed by atoms with Gasteiger partial charge in [0.15, 0.2) is 0 Å². The molecule has 8 heteroatoms. The maximum atomic E-state index is 12.7. The number of carboxylic acid groups (broad SMARTS) is 1. The molecule has 5 nitrogen and oxygen atoms in total. The minimum absolute atomic E-state index is 0.0172. The molecule has 1 N–H and O–H groups in total. The van der Waals surface area contributed by atoms with Crippen LogP contribution in [-0.4, -0.2) is 44.0 Å². The van der Waals surface area contributed by atoms with Crippen LogP contribution in [0.15, 0.2) is 12.1 Å². The van der Waals surface area contributed by atoms with Crippen LogP contribution in [0.25, 0.3) is 0 Å². The molecular weight excluding hydrogens is 335 g/mol. The molecule has 1 aromatic heterocycles. The van der Waals surface area contributed by atoms with Gasteiger partial charge in [-0.2, -0.15) is 0 Å². The first kappa shape index (κ1) is 14.9. The topological polar surface area (TPSA) is 70.5 Å². The summed E-state index contributed by atoms with van der Waals surface area (Å²) in [6, 6.07) is 2.15. The van der Waals surface area contributed by atoms with Crippen molar-refractivity contribution in [3.8, 4) is 0 Å². The largest absolute Gasteiger partial charge is 0.480 e. The van der Waals surface area contributed by atoms with Crippen LogP contribution in [0.2, 0.25) is 10.2 Å². The number of hydrogen-bond acceptors (Lipinski definition) is 4. The third-order valence-corrected chi connectivity index (χ3v) is 5.57. The normalized spacial score (nSPS) is 25.1. The number of amides is 1. The van der Waals surface area contributed by atoms with E-state index in [0.29, 0.717) is 11.7 Å². The highest BCUT2D eigenvalue weighted by atomic mass is 35.5. The predicted octanol–water partition coefficient (Wildman–Crippen LogP) is 2.77. The van der Waals surface area contributed by atoms with Crippen molar-refractivity contribution in [3.05, 3.63) is 28.0 Å². The summed E-state index contributed by atoms with van der Waals surface area (Å²) < 4.78 is 0. The van der Waals surface area contributed by atoms with Crippen molar-refractivity contribution in [2.75, 3.05) is 5.75 Å². The van der Waals surface area contributed by atoms with Crippen molar-refractivity contribution in [1.82, 2.24) is 9.88 Å². The fraction of sp³-hybridized carbons (Fsp3) is 0.462. The molecule has 0 radical (unpaired) electrons. The molecule has 0 spiro atoms. The number of nitrogens with zero attached hydrogens (tertiary/aromatic N) is 2. The molecule has 0 bridgehead atoms. The van der Waals surface area contributed by atoms with Gasteiger partial charge in [-0.3, -0.25) is 4.79 Å². The highest BCUT2D eigenvalue weighted by Gasteiger charge is 2.48. The molecule has 2 atom stereocenters. The lowest BCUT2D eigenvalue weighted by Gasteiger charge is -2.27. The lowest BCUT2D eigenvalue weighted by molar-refractivity contribution is -0.141. The van der Waals surface area contributed by atoms with Gasteiger partial charge in [-0.15, -0.1) is 11.8 Å². The molecule has 21 heavy (non-hydrogen) atoms. The third-order valence-electron chi connectivity index (χ3n) is 3.59. The Labute approximate surface area is 135 Å². The Morgan fingerprint density at radius 2 is 2.05 bits per heavy atom. The molecule has 1 aromatic rings. The molecule has 1 amide bonds. The van der Waals surface area contributed by atoms with Gasteiger partial charge >= 0.3 is 5.97 Å². The number of hydrogen-bond donors (Lipinski definition) is 1. The first-order valence-electron chi connectivity index (χ1n) is 6.48. The molecular formula is C13H12Cl2N2O3S. The summed E-state index contributed by atoms with van der Waals surface area (Å²) in [5.74, 6) is -0.712. The average molecular weight is 347 g/mol. The summed E-state index contributed by atoms with van der Waals surface area (Å²) >= 11 is 13.3. The second-order valence-electron chi connectivity index (χ2n) is 5.09. The van der Waals surface area contributed by atoms with Crippen LogP contribution < -0.4 is 0 Å². The van der Waals surface area contributed by atoms with Gasteiger partial charge < -0.3 is 10.0 Å². The van der Waals surface area contributed by atoms with Crippen molar-refractivity contribution in [3.63, 3.8) is 0 Å². The summed E-state index contributed by atoms with van der Waals surface area (Å²) in [6.45, 7) is 0. The van der Waals surface area contributed by atoms with Crippen LogP contribution in [0.5, 0.6) is 0 Å². The molecule has 112 valence electrons. The zero-order valence-corrected chi connectivity index (χ0v) is 13.2. The monoisotopic (exact) mass is 346 g/mol.